The maximum atomic E-state index is 12.5. The SMILES string of the molecule is CN(CC1CC(O)C1)C(=O)c1cc(I)cc(I)c1I. The van der Waals surface area contributed by atoms with Gasteiger partial charge in [0.05, 0.1) is 11.7 Å². The van der Waals surface area contributed by atoms with Crippen molar-refractivity contribution in [1.82, 2.24) is 4.90 Å². The minimum atomic E-state index is -0.160. The number of benzene rings is 1. The van der Waals surface area contributed by atoms with Gasteiger partial charge in [0.25, 0.3) is 5.91 Å². The predicted octanol–water partition coefficient (Wildman–Crippen LogP) is 3.34. The van der Waals surface area contributed by atoms with E-state index in [0.29, 0.717) is 5.92 Å². The Balaban J connectivity index is 2.10. The molecule has 0 unspecified atom stereocenters. The Kier molecular flexibility index (Phi) is 5.75. The number of carbonyl (C=O) groups is 1. The Morgan fingerprint density at radius 3 is 2.58 bits per heavy atom. The van der Waals surface area contributed by atoms with Gasteiger partial charge < -0.3 is 10.0 Å². The highest BCUT2D eigenvalue weighted by atomic mass is 127. The molecule has 19 heavy (non-hydrogen) atoms. The number of aliphatic hydroxyl groups is 1. The lowest BCUT2D eigenvalue weighted by molar-refractivity contribution is 0.0265. The molecule has 1 amide bonds. The van der Waals surface area contributed by atoms with Crippen LogP contribution in [0.2, 0.25) is 0 Å². The second-order valence-electron chi connectivity index (χ2n) is 4.93. The summed E-state index contributed by atoms with van der Waals surface area (Å²) in [5.74, 6) is 0.519. The van der Waals surface area contributed by atoms with E-state index in [0.717, 1.165) is 35.7 Å². The molecule has 3 nitrogen and oxygen atoms in total. The Labute approximate surface area is 153 Å². The minimum absolute atomic E-state index is 0.0715. The molecule has 0 bridgehead atoms. The van der Waals surface area contributed by atoms with Crippen LogP contribution in [0.1, 0.15) is 23.2 Å². The fourth-order valence-electron chi connectivity index (χ4n) is 2.24. The van der Waals surface area contributed by atoms with Crippen molar-refractivity contribution in [3.63, 3.8) is 0 Å². The van der Waals surface area contributed by atoms with Crippen LogP contribution in [-0.2, 0) is 0 Å². The van der Waals surface area contributed by atoms with Gasteiger partial charge in [0.2, 0.25) is 0 Å². The zero-order valence-corrected chi connectivity index (χ0v) is 16.8. The standard InChI is InChI=1S/C13H14I3NO2/c1-17(6-7-2-9(18)3-7)13(19)10-4-8(14)5-11(15)12(10)16/h4-5,7,9,18H,2-3,6H2,1H3. The van der Waals surface area contributed by atoms with Crippen molar-refractivity contribution in [1.29, 1.82) is 0 Å². The molecule has 104 valence electrons. The summed E-state index contributed by atoms with van der Waals surface area (Å²) in [5, 5.41) is 9.30. The predicted molar refractivity (Wildman–Crippen MR) is 100 cm³/mol. The second-order valence-corrected chi connectivity index (χ2v) is 8.41. The molecule has 0 aliphatic heterocycles. The lowest BCUT2D eigenvalue weighted by atomic mass is 9.82. The summed E-state index contributed by atoms with van der Waals surface area (Å²) in [4.78, 5) is 14.3. The first-order valence-electron chi connectivity index (χ1n) is 5.96. The van der Waals surface area contributed by atoms with Crippen LogP contribution < -0.4 is 0 Å². The molecule has 0 saturated heterocycles. The number of hydrogen-bond acceptors (Lipinski definition) is 2. The van der Waals surface area contributed by atoms with E-state index in [9.17, 15) is 9.90 Å². The molecule has 1 saturated carbocycles. The van der Waals surface area contributed by atoms with Gasteiger partial charge in [-0.2, -0.15) is 0 Å². The lowest BCUT2D eigenvalue weighted by Crippen LogP contribution is -2.39. The molecule has 0 atom stereocenters. The van der Waals surface area contributed by atoms with E-state index in [-0.39, 0.29) is 12.0 Å². The summed E-state index contributed by atoms with van der Waals surface area (Å²) >= 11 is 6.73. The van der Waals surface area contributed by atoms with E-state index < -0.39 is 0 Å². The lowest BCUT2D eigenvalue weighted by Gasteiger charge is -2.34. The maximum Gasteiger partial charge on any atom is 0.254 e. The molecule has 0 radical (unpaired) electrons. The normalized spacial score (nSPS) is 21.9. The summed E-state index contributed by atoms with van der Waals surface area (Å²) in [7, 11) is 1.84. The van der Waals surface area contributed by atoms with Crippen molar-refractivity contribution in [2.24, 2.45) is 5.92 Å². The van der Waals surface area contributed by atoms with Crippen LogP contribution in [0.4, 0.5) is 0 Å². The smallest absolute Gasteiger partial charge is 0.254 e. The number of carbonyl (C=O) groups excluding carboxylic acids is 1. The third kappa shape index (κ3) is 3.94. The van der Waals surface area contributed by atoms with E-state index in [4.69, 9.17) is 0 Å². The number of nitrogens with zero attached hydrogens (tertiary/aromatic N) is 1. The van der Waals surface area contributed by atoms with Crippen LogP contribution in [0.5, 0.6) is 0 Å². The summed E-state index contributed by atoms with van der Waals surface area (Å²) in [6, 6.07) is 4.01. The van der Waals surface area contributed by atoms with E-state index in [2.05, 4.69) is 73.8 Å². The molecule has 6 heteroatoms. The van der Waals surface area contributed by atoms with E-state index in [1.165, 1.54) is 0 Å². The first-order chi connectivity index (χ1) is 8.88. The van der Waals surface area contributed by atoms with Gasteiger partial charge in [0, 0.05) is 24.3 Å². The fraction of sp³-hybridized carbons (Fsp3) is 0.462. The zero-order valence-electron chi connectivity index (χ0n) is 10.4. The fourth-order valence-corrected chi connectivity index (χ4v) is 4.62. The highest BCUT2D eigenvalue weighted by Gasteiger charge is 2.29. The zero-order chi connectivity index (χ0) is 14.2. The summed E-state index contributed by atoms with van der Waals surface area (Å²) in [6.07, 6.45) is 1.48. The molecule has 1 aliphatic rings. The maximum absolute atomic E-state index is 12.5. The Hall–Kier alpha value is 0.840. The van der Waals surface area contributed by atoms with Gasteiger partial charge in [0.1, 0.15) is 0 Å². The van der Waals surface area contributed by atoms with Crippen molar-refractivity contribution in [3.8, 4) is 0 Å². The van der Waals surface area contributed by atoms with Gasteiger partial charge in [-0.1, -0.05) is 0 Å². The number of amides is 1. The third-order valence-corrected chi connectivity index (χ3v) is 6.98. The molecule has 1 aliphatic carbocycles. The van der Waals surface area contributed by atoms with Gasteiger partial charge in [-0.05, 0) is 98.7 Å². The Morgan fingerprint density at radius 1 is 1.37 bits per heavy atom. The van der Waals surface area contributed by atoms with Crippen LogP contribution in [0, 0.1) is 16.6 Å². The van der Waals surface area contributed by atoms with Gasteiger partial charge in [-0.25, -0.2) is 0 Å². The molecule has 2 rings (SSSR count). The van der Waals surface area contributed by atoms with Crippen LogP contribution in [-0.4, -0.2) is 35.6 Å². The number of halogens is 3. The van der Waals surface area contributed by atoms with Gasteiger partial charge in [-0.15, -0.1) is 0 Å². The van der Waals surface area contributed by atoms with Crippen molar-refractivity contribution < 1.29 is 9.90 Å². The van der Waals surface area contributed by atoms with Crippen molar-refractivity contribution in [2.75, 3.05) is 13.6 Å². The molecule has 1 aromatic rings. The molecule has 1 N–H and O–H groups in total. The number of aliphatic hydroxyl groups excluding tert-OH is 1. The topological polar surface area (TPSA) is 40.5 Å². The quantitative estimate of drug-likeness (QED) is 0.430. The molecular formula is C13H14I3NO2. The van der Waals surface area contributed by atoms with E-state index in [1.807, 2.05) is 13.1 Å². The van der Waals surface area contributed by atoms with Crippen LogP contribution in [0.3, 0.4) is 0 Å². The summed E-state index contributed by atoms with van der Waals surface area (Å²) < 4.78 is 3.21. The highest BCUT2D eigenvalue weighted by Crippen LogP contribution is 2.29. The monoisotopic (exact) mass is 597 g/mol. The molecule has 1 aromatic carbocycles. The van der Waals surface area contributed by atoms with Crippen molar-refractivity contribution >= 4 is 73.7 Å². The second kappa shape index (κ2) is 6.73. The van der Waals surface area contributed by atoms with Crippen molar-refractivity contribution in [3.05, 3.63) is 28.4 Å². The first kappa shape index (κ1) is 16.2. The average Bonchev–Trinajstić information content (AvgIpc) is 2.30. The van der Waals surface area contributed by atoms with Gasteiger partial charge in [0.15, 0.2) is 0 Å². The number of hydrogen-bond donors (Lipinski definition) is 1. The van der Waals surface area contributed by atoms with Crippen LogP contribution >= 0.6 is 67.8 Å². The average molecular weight is 597 g/mol. The van der Waals surface area contributed by atoms with Crippen LogP contribution in [0.25, 0.3) is 0 Å². The number of rotatable bonds is 3. The van der Waals surface area contributed by atoms with Crippen LogP contribution in [0.15, 0.2) is 12.1 Å². The molecule has 0 aromatic heterocycles. The summed E-state index contributed by atoms with van der Waals surface area (Å²) in [6.45, 7) is 0.730. The summed E-state index contributed by atoms with van der Waals surface area (Å²) in [5.41, 5.74) is 0.777. The largest absolute Gasteiger partial charge is 0.393 e. The molecule has 1 fully saturated rings. The minimum Gasteiger partial charge on any atom is -0.393 e. The van der Waals surface area contributed by atoms with Crippen molar-refractivity contribution in [2.45, 2.75) is 18.9 Å². The third-order valence-electron chi connectivity index (χ3n) is 3.31. The molecule has 0 spiro atoms. The Morgan fingerprint density at radius 2 is 2.00 bits per heavy atom. The van der Waals surface area contributed by atoms with E-state index >= 15 is 0 Å². The molecular weight excluding hydrogens is 583 g/mol. The Bertz CT molecular complexity index is 501. The van der Waals surface area contributed by atoms with E-state index in [1.54, 1.807) is 4.90 Å². The first-order valence-corrected chi connectivity index (χ1v) is 9.20. The van der Waals surface area contributed by atoms with Gasteiger partial charge >= 0.3 is 0 Å². The highest BCUT2D eigenvalue weighted by molar-refractivity contribution is 14.1. The van der Waals surface area contributed by atoms with Gasteiger partial charge in [-0.3, -0.25) is 4.79 Å². The molecule has 0 heterocycles.